The molecule has 0 saturated heterocycles. The van der Waals surface area contributed by atoms with Crippen molar-refractivity contribution in [3.8, 4) is 0 Å². The maximum atomic E-state index is 9.97. The predicted octanol–water partition coefficient (Wildman–Crippen LogP) is 1.93. The lowest BCUT2D eigenvalue weighted by Gasteiger charge is -2.28. The van der Waals surface area contributed by atoms with Gasteiger partial charge in [0.25, 0.3) is 0 Å². The topological polar surface area (TPSA) is 58.0 Å². The van der Waals surface area contributed by atoms with Gasteiger partial charge in [-0.15, -0.1) is 0 Å². The van der Waals surface area contributed by atoms with Crippen LogP contribution in [-0.4, -0.2) is 27.7 Å². The average Bonchev–Trinajstić information content (AvgIpc) is 2.86. The van der Waals surface area contributed by atoms with Crippen LogP contribution in [0.2, 0.25) is 0 Å². The third-order valence-electron chi connectivity index (χ3n) is 4.28. The van der Waals surface area contributed by atoms with Crippen molar-refractivity contribution >= 4 is 5.82 Å². The van der Waals surface area contributed by atoms with Crippen LogP contribution in [0.3, 0.4) is 0 Å². The van der Waals surface area contributed by atoms with Crippen LogP contribution in [0, 0.1) is 5.92 Å². The van der Waals surface area contributed by atoms with Crippen molar-refractivity contribution in [2.75, 3.05) is 11.9 Å². The summed E-state index contributed by atoms with van der Waals surface area (Å²) in [5, 5.41) is 13.4. The van der Waals surface area contributed by atoms with Gasteiger partial charge in [-0.2, -0.15) is 0 Å². The second-order valence-corrected chi connectivity index (χ2v) is 5.49. The lowest BCUT2D eigenvalue weighted by atomic mass is 9.86. The van der Waals surface area contributed by atoms with Crippen molar-refractivity contribution in [1.29, 1.82) is 0 Å². The lowest BCUT2D eigenvalue weighted by Crippen LogP contribution is -2.30. The molecule has 2 N–H and O–H groups in total. The molecule has 0 amide bonds. The molecule has 2 unspecified atom stereocenters. The molecule has 1 saturated carbocycles. The Labute approximate surface area is 108 Å². The lowest BCUT2D eigenvalue weighted by molar-refractivity contribution is 0.0763. The van der Waals surface area contributed by atoms with Crippen LogP contribution in [0.25, 0.3) is 0 Å². The van der Waals surface area contributed by atoms with Gasteiger partial charge in [0.2, 0.25) is 0 Å². The minimum Gasteiger partial charge on any atom is -0.393 e. The zero-order chi connectivity index (χ0) is 12.4. The van der Waals surface area contributed by atoms with E-state index in [1.54, 1.807) is 6.33 Å². The first-order chi connectivity index (χ1) is 8.84. The quantitative estimate of drug-likeness (QED) is 0.857. The van der Waals surface area contributed by atoms with Gasteiger partial charge in [0.05, 0.1) is 6.10 Å². The van der Waals surface area contributed by atoms with Crippen LogP contribution in [0.15, 0.2) is 6.33 Å². The highest BCUT2D eigenvalue weighted by Gasteiger charge is 2.24. The highest BCUT2D eigenvalue weighted by atomic mass is 16.3. The molecule has 18 heavy (non-hydrogen) atoms. The van der Waals surface area contributed by atoms with Gasteiger partial charge in [-0.3, -0.25) is 0 Å². The van der Waals surface area contributed by atoms with Crippen LogP contribution in [0.1, 0.15) is 43.4 Å². The van der Waals surface area contributed by atoms with Crippen molar-refractivity contribution in [2.24, 2.45) is 5.92 Å². The molecule has 1 aromatic heterocycles. The summed E-state index contributed by atoms with van der Waals surface area (Å²) in [7, 11) is 0. The Balaban J connectivity index is 1.65. The monoisotopic (exact) mass is 247 g/mol. The first kappa shape index (κ1) is 11.9. The molecule has 1 heterocycles. The van der Waals surface area contributed by atoms with Gasteiger partial charge in [0.1, 0.15) is 12.1 Å². The van der Waals surface area contributed by atoms with Gasteiger partial charge in [-0.05, 0) is 32.1 Å². The van der Waals surface area contributed by atoms with Gasteiger partial charge in [-0.25, -0.2) is 9.97 Å². The van der Waals surface area contributed by atoms with Crippen molar-refractivity contribution in [1.82, 2.24) is 9.97 Å². The summed E-state index contributed by atoms with van der Waals surface area (Å²) in [6, 6.07) is 0. The van der Waals surface area contributed by atoms with Gasteiger partial charge < -0.3 is 10.4 Å². The maximum Gasteiger partial charge on any atom is 0.132 e. The van der Waals surface area contributed by atoms with E-state index in [0.29, 0.717) is 5.92 Å². The molecule has 1 aromatic rings. The van der Waals surface area contributed by atoms with Crippen LogP contribution in [-0.2, 0) is 12.8 Å². The van der Waals surface area contributed by atoms with E-state index < -0.39 is 0 Å². The molecule has 0 aromatic carbocycles. The van der Waals surface area contributed by atoms with E-state index in [-0.39, 0.29) is 6.10 Å². The molecule has 4 heteroatoms. The maximum absolute atomic E-state index is 9.97. The summed E-state index contributed by atoms with van der Waals surface area (Å²) in [4.78, 5) is 8.69. The first-order valence-corrected chi connectivity index (χ1v) is 7.09. The molecular weight excluding hydrogens is 226 g/mol. The van der Waals surface area contributed by atoms with Crippen LogP contribution >= 0.6 is 0 Å². The number of fused-ring (bicyclic) bond motifs is 1. The van der Waals surface area contributed by atoms with E-state index in [9.17, 15) is 5.11 Å². The summed E-state index contributed by atoms with van der Waals surface area (Å²) in [5.74, 6) is 1.38. The summed E-state index contributed by atoms with van der Waals surface area (Å²) in [6.07, 6.45) is 9.37. The second kappa shape index (κ2) is 5.22. The smallest absolute Gasteiger partial charge is 0.132 e. The summed E-state index contributed by atoms with van der Waals surface area (Å²) in [6.45, 7) is 0.838. The van der Waals surface area contributed by atoms with Crippen LogP contribution in [0.4, 0.5) is 5.82 Å². The number of nitrogens with one attached hydrogen (secondary N) is 1. The van der Waals surface area contributed by atoms with E-state index in [2.05, 4.69) is 15.3 Å². The third kappa shape index (κ3) is 2.34. The van der Waals surface area contributed by atoms with Crippen LogP contribution < -0.4 is 5.32 Å². The Kier molecular flexibility index (Phi) is 3.46. The third-order valence-corrected chi connectivity index (χ3v) is 4.28. The predicted molar refractivity (Wildman–Crippen MR) is 70.5 cm³/mol. The van der Waals surface area contributed by atoms with Crippen molar-refractivity contribution < 1.29 is 5.11 Å². The molecule has 4 nitrogen and oxygen atoms in total. The number of aliphatic hydroxyl groups excluding tert-OH is 1. The summed E-state index contributed by atoms with van der Waals surface area (Å²) in [5.41, 5.74) is 2.50. The Morgan fingerprint density at radius 3 is 2.94 bits per heavy atom. The van der Waals surface area contributed by atoms with Crippen molar-refractivity contribution in [3.63, 3.8) is 0 Å². The summed E-state index contributed by atoms with van der Waals surface area (Å²) < 4.78 is 0. The molecule has 3 rings (SSSR count). The van der Waals surface area contributed by atoms with Gasteiger partial charge in [0.15, 0.2) is 0 Å². The van der Waals surface area contributed by atoms with E-state index in [1.165, 1.54) is 30.5 Å². The summed E-state index contributed by atoms with van der Waals surface area (Å²) >= 11 is 0. The fraction of sp³-hybridized carbons (Fsp3) is 0.714. The fourth-order valence-corrected chi connectivity index (χ4v) is 3.17. The zero-order valence-corrected chi connectivity index (χ0v) is 10.7. The molecule has 0 bridgehead atoms. The molecule has 1 fully saturated rings. The molecule has 0 spiro atoms. The number of nitrogens with zero attached hydrogens (tertiary/aromatic N) is 2. The molecular formula is C14H21N3O. The Morgan fingerprint density at radius 1 is 1.17 bits per heavy atom. The Morgan fingerprint density at radius 2 is 2.06 bits per heavy atom. The van der Waals surface area contributed by atoms with Gasteiger partial charge in [-0.1, -0.05) is 12.8 Å². The van der Waals surface area contributed by atoms with Crippen molar-refractivity contribution in [2.45, 2.75) is 51.0 Å². The molecule has 2 atom stereocenters. The molecule has 98 valence electrons. The number of hydrogen-bond acceptors (Lipinski definition) is 4. The van der Waals surface area contributed by atoms with Crippen LogP contribution in [0.5, 0.6) is 0 Å². The highest BCUT2D eigenvalue weighted by molar-refractivity contribution is 5.47. The minimum atomic E-state index is -0.138. The second-order valence-electron chi connectivity index (χ2n) is 5.49. The number of hydrogen-bond donors (Lipinski definition) is 2. The number of aromatic nitrogens is 2. The molecule has 0 aliphatic heterocycles. The van der Waals surface area contributed by atoms with E-state index in [4.69, 9.17) is 0 Å². The SMILES string of the molecule is OC1CCCCC1CNc1ncnc2c1CCC2. The molecule has 2 aliphatic carbocycles. The largest absolute Gasteiger partial charge is 0.393 e. The number of anilines is 1. The minimum absolute atomic E-state index is 0.138. The van der Waals surface area contributed by atoms with Gasteiger partial charge >= 0.3 is 0 Å². The first-order valence-electron chi connectivity index (χ1n) is 7.09. The van der Waals surface area contributed by atoms with Crippen molar-refractivity contribution in [3.05, 3.63) is 17.6 Å². The van der Waals surface area contributed by atoms with E-state index >= 15 is 0 Å². The highest BCUT2D eigenvalue weighted by Crippen LogP contribution is 2.27. The number of aliphatic hydroxyl groups is 1. The number of aryl methyl sites for hydroxylation is 1. The standard InChI is InChI=1S/C14H21N3O/c18-13-7-2-1-4-10(13)8-15-14-11-5-3-6-12(11)16-9-17-14/h9-10,13,18H,1-8H2,(H,15,16,17). The van der Waals surface area contributed by atoms with E-state index in [0.717, 1.165) is 38.0 Å². The fourth-order valence-electron chi connectivity index (χ4n) is 3.17. The molecule has 2 aliphatic rings. The Bertz CT molecular complexity index is 422. The average molecular weight is 247 g/mol. The zero-order valence-electron chi connectivity index (χ0n) is 10.7. The van der Waals surface area contributed by atoms with E-state index in [1.807, 2.05) is 0 Å². The van der Waals surface area contributed by atoms with Gasteiger partial charge in [0, 0.05) is 23.7 Å². The molecule has 0 radical (unpaired) electrons. The Hall–Kier alpha value is -1.16. The normalized spacial score (nSPS) is 26.9. The number of rotatable bonds is 3.